The topological polar surface area (TPSA) is 37.8 Å². The Kier molecular flexibility index (Phi) is 3.00. The van der Waals surface area contributed by atoms with Crippen LogP contribution in [0.3, 0.4) is 0 Å². The molecule has 0 spiro atoms. The molecule has 0 unspecified atom stereocenters. The third-order valence-corrected chi connectivity index (χ3v) is 4.42. The molecule has 86 valence electrons. The van der Waals surface area contributed by atoms with Crippen LogP contribution in [0, 0.1) is 21.3 Å². The summed E-state index contributed by atoms with van der Waals surface area (Å²) in [6, 6.07) is 0. The quantitative estimate of drug-likeness (QED) is 0.844. The second kappa shape index (κ2) is 4.47. The number of hydrogen-bond acceptors (Lipinski definition) is 3. The number of rotatable bonds is 5. The fourth-order valence-electron chi connectivity index (χ4n) is 2.42. The van der Waals surface area contributed by atoms with Crippen molar-refractivity contribution in [3.05, 3.63) is 16.1 Å². The molecule has 0 radical (unpaired) electrons. The van der Waals surface area contributed by atoms with E-state index >= 15 is 0 Å². The lowest BCUT2D eigenvalue weighted by atomic mass is 9.98. The summed E-state index contributed by atoms with van der Waals surface area (Å²) < 4.78 is 1.12. The molecule has 0 saturated heterocycles. The van der Waals surface area contributed by atoms with E-state index in [4.69, 9.17) is 0 Å². The van der Waals surface area contributed by atoms with Crippen LogP contribution >= 0.6 is 22.6 Å². The van der Waals surface area contributed by atoms with Gasteiger partial charge in [0.1, 0.15) is 12.1 Å². The molecule has 1 aromatic rings. The average Bonchev–Trinajstić information content (AvgIpc) is 3.15. The van der Waals surface area contributed by atoms with Crippen molar-refractivity contribution < 1.29 is 0 Å². The minimum atomic E-state index is 0.894. The van der Waals surface area contributed by atoms with Gasteiger partial charge >= 0.3 is 0 Å². The zero-order valence-corrected chi connectivity index (χ0v) is 11.4. The standard InChI is InChI=1S/C12H16IN3/c13-11-6-14-7-16-12(11)15-5-10(8-1-2-8)9-3-4-9/h6-10H,1-5H2,(H,14,15,16). The molecule has 0 amide bonds. The third kappa shape index (κ3) is 2.47. The maximum absolute atomic E-state index is 4.28. The van der Waals surface area contributed by atoms with Crippen LogP contribution in [0.5, 0.6) is 0 Å². The molecule has 0 atom stereocenters. The monoisotopic (exact) mass is 329 g/mol. The van der Waals surface area contributed by atoms with Gasteiger partial charge in [-0.2, -0.15) is 0 Å². The van der Waals surface area contributed by atoms with Gasteiger partial charge < -0.3 is 5.32 Å². The molecule has 1 heterocycles. The van der Waals surface area contributed by atoms with Crippen LogP contribution in [0.15, 0.2) is 12.5 Å². The number of hydrogen-bond donors (Lipinski definition) is 1. The summed E-state index contributed by atoms with van der Waals surface area (Å²) in [5.74, 6) is 3.90. The Morgan fingerprint density at radius 2 is 2.00 bits per heavy atom. The predicted molar refractivity (Wildman–Crippen MR) is 72.2 cm³/mol. The summed E-state index contributed by atoms with van der Waals surface area (Å²) in [5.41, 5.74) is 0. The largest absolute Gasteiger partial charge is 0.369 e. The van der Waals surface area contributed by atoms with Gasteiger partial charge in [-0.25, -0.2) is 9.97 Å². The summed E-state index contributed by atoms with van der Waals surface area (Å²) in [6.07, 6.45) is 9.27. The first-order valence-corrected chi connectivity index (χ1v) is 7.12. The van der Waals surface area contributed by atoms with Crippen molar-refractivity contribution in [3.8, 4) is 0 Å². The van der Waals surface area contributed by atoms with E-state index < -0.39 is 0 Å². The highest BCUT2D eigenvalue weighted by molar-refractivity contribution is 14.1. The lowest BCUT2D eigenvalue weighted by molar-refractivity contribution is 0.427. The first kappa shape index (κ1) is 10.7. The molecular formula is C12H16IN3. The fraction of sp³-hybridized carbons (Fsp3) is 0.667. The van der Waals surface area contributed by atoms with Gasteiger partial charge in [0.05, 0.1) is 3.57 Å². The molecule has 16 heavy (non-hydrogen) atoms. The van der Waals surface area contributed by atoms with E-state index in [0.717, 1.165) is 33.7 Å². The Labute approximate surface area is 110 Å². The Morgan fingerprint density at radius 1 is 1.31 bits per heavy atom. The minimum Gasteiger partial charge on any atom is -0.369 e. The molecule has 2 aliphatic rings. The van der Waals surface area contributed by atoms with Crippen molar-refractivity contribution >= 4 is 28.4 Å². The van der Waals surface area contributed by atoms with E-state index in [9.17, 15) is 0 Å². The van der Waals surface area contributed by atoms with Crippen molar-refractivity contribution in [2.45, 2.75) is 25.7 Å². The van der Waals surface area contributed by atoms with Crippen LogP contribution in [-0.4, -0.2) is 16.5 Å². The molecule has 1 aromatic heterocycles. The molecule has 2 saturated carbocycles. The third-order valence-electron chi connectivity index (χ3n) is 3.63. The second-order valence-corrected chi connectivity index (χ2v) is 6.10. The number of nitrogens with one attached hydrogen (secondary N) is 1. The fourth-order valence-corrected chi connectivity index (χ4v) is 2.92. The van der Waals surface area contributed by atoms with Gasteiger partial charge in [-0.3, -0.25) is 0 Å². The zero-order valence-electron chi connectivity index (χ0n) is 9.19. The second-order valence-electron chi connectivity index (χ2n) is 4.94. The van der Waals surface area contributed by atoms with Crippen LogP contribution in [0.1, 0.15) is 25.7 Å². The predicted octanol–water partition coefficient (Wildman–Crippen LogP) is 2.93. The van der Waals surface area contributed by atoms with E-state index in [1.165, 1.54) is 25.7 Å². The van der Waals surface area contributed by atoms with Crippen LogP contribution in [0.4, 0.5) is 5.82 Å². The lowest BCUT2D eigenvalue weighted by Gasteiger charge is -2.16. The first-order valence-electron chi connectivity index (χ1n) is 6.04. The van der Waals surface area contributed by atoms with Gasteiger partial charge in [-0.05, 0) is 66.0 Å². The molecule has 0 aliphatic heterocycles. The molecule has 3 nitrogen and oxygen atoms in total. The van der Waals surface area contributed by atoms with Crippen LogP contribution < -0.4 is 5.32 Å². The number of aromatic nitrogens is 2. The van der Waals surface area contributed by atoms with E-state index in [1.54, 1.807) is 6.33 Å². The maximum atomic E-state index is 4.28. The zero-order chi connectivity index (χ0) is 11.0. The summed E-state index contributed by atoms with van der Waals surface area (Å²) in [7, 11) is 0. The van der Waals surface area contributed by atoms with Crippen molar-refractivity contribution in [1.29, 1.82) is 0 Å². The SMILES string of the molecule is Ic1cncnc1NCC(C1CC1)C1CC1. The Morgan fingerprint density at radius 3 is 2.56 bits per heavy atom. The molecule has 0 bridgehead atoms. The number of anilines is 1. The van der Waals surface area contributed by atoms with Gasteiger partial charge in [0.2, 0.25) is 0 Å². The van der Waals surface area contributed by atoms with Gasteiger partial charge in [0.25, 0.3) is 0 Å². The molecule has 0 aromatic carbocycles. The summed E-state index contributed by atoms with van der Waals surface area (Å²) >= 11 is 2.29. The van der Waals surface area contributed by atoms with Gasteiger partial charge in [-0.15, -0.1) is 0 Å². The van der Waals surface area contributed by atoms with Gasteiger partial charge in [0.15, 0.2) is 0 Å². The summed E-state index contributed by atoms with van der Waals surface area (Å²) in [6.45, 7) is 1.10. The highest BCUT2D eigenvalue weighted by Gasteiger charge is 2.41. The average molecular weight is 329 g/mol. The van der Waals surface area contributed by atoms with E-state index in [0.29, 0.717) is 0 Å². The van der Waals surface area contributed by atoms with E-state index in [2.05, 4.69) is 37.9 Å². The number of nitrogens with zero attached hydrogens (tertiary/aromatic N) is 2. The van der Waals surface area contributed by atoms with Crippen LogP contribution in [0.25, 0.3) is 0 Å². The molecule has 1 N–H and O–H groups in total. The molecule has 3 rings (SSSR count). The summed E-state index contributed by atoms with van der Waals surface area (Å²) in [5, 5.41) is 3.50. The Bertz CT molecular complexity index is 362. The normalized spacial score (nSPS) is 20.1. The van der Waals surface area contributed by atoms with Crippen LogP contribution in [-0.2, 0) is 0 Å². The molecule has 2 aliphatic carbocycles. The highest BCUT2D eigenvalue weighted by Crippen LogP contribution is 2.49. The van der Waals surface area contributed by atoms with Crippen molar-refractivity contribution in [3.63, 3.8) is 0 Å². The van der Waals surface area contributed by atoms with Crippen molar-refractivity contribution in [2.75, 3.05) is 11.9 Å². The molecule has 2 fully saturated rings. The summed E-state index contributed by atoms with van der Waals surface area (Å²) in [4.78, 5) is 8.29. The van der Waals surface area contributed by atoms with Crippen LogP contribution in [0.2, 0.25) is 0 Å². The smallest absolute Gasteiger partial charge is 0.142 e. The highest BCUT2D eigenvalue weighted by atomic mass is 127. The van der Waals surface area contributed by atoms with Crippen molar-refractivity contribution in [1.82, 2.24) is 9.97 Å². The van der Waals surface area contributed by atoms with Gasteiger partial charge in [0, 0.05) is 12.7 Å². The Balaban J connectivity index is 1.60. The van der Waals surface area contributed by atoms with E-state index in [-0.39, 0.29) is 0 Å². The molecule has 4 heteroatoms. The number of halogens is 1. The molecular weight excluding hydrogens is 313 g/mol. The first-order chi connectivity index (χ1) is 7.84. The maximum Gasteiger partial charge on any atom is 0.142 e. The Hall–Kier alpha value is -0.390. The van der Waals surface area contributed by atoms with Crippen molar-refractivity contribution in [2.24, 2.45) is 17.8 Å². The lowest BCUT2D eigenvalue weighted by Crippen LogP contribution is -2.19. The minimum absolute atomic E-state index is 0.894. The van der Waals surface area contributed by atoms with Gasteiger partial charge in [-0.1, -0.05) is 0 Å². The van der Waals surface area contributed by atoms with E-state index in [1.807, 2.05) is 6.20 Å².